The smallest absolute Gasteiger partial charge is 0.335 e. The van der Waals surface area contributed by atoms with Gasteiger partial charge >= 0.3 is 5.97 Å². The summed E-state index contributed by atoms with van der Waals surface area (Å²) in [6.45, 7) is 2.21. The predicted octanol–water partition coefficient (Wildman–Crippen LogP) is 5.34. The molecule has 1 aromatic heterocycles. The lowest BCUT2D eigenvalue weighted by Gasteiger charge is -2.16. The number of carbonyl (C=O) groups is 1. The molecule has 0 amide bonds. The SMILES string of the molecule is CCCCC(CCc1nnc(-c2ccc(C(=O)O)cc2)o1)c1ccccc1. The minimum atomic E-state index is -0.952. The van der Waals surface area contributed by atoms with E-state index < -0.39 is 5.97 Å². The molecule has 5 heteroatoms. The number of aromatic carboxylic acids is 1. The molecule has 0 aliphatic carbocycles. The van der Waals surface area contributed by atoms with E-state index in [0.29, 0.717) is 17.7 Å². The molecular weight excluding hydrogens is 340 g/mol. The molecule has 140 valence electrons. The molecule has 1 atom stereocenters. The van der Waals surface area contributed by atoms with E-state index in [1.165, 1.54) is 30.5 Å². The summed E-state index contributed by atoms with van der Waals surface area (Å²) in [5.41, 5.74) is 2.32. The first kappa shape index (κ1) is 18.8. The molecule has 3 rings (SSSR count). The zero-order chi connectivity index (χ0) is 19.1. The summed E-state index contributed by atoms with van der Waals surface area (Å²) in [6, 6.07) is 17.0. The third kappa shape index (κ3) is 5.03. The average molecular weight is 364 g/mol. The van der Waals surface area contributed by atoms with Gasteiger partial charge in [0.2, 0.25) is 11.8 Å². The minimum Gasteiger partial charge on any atom is -0.478 e. The van der Waals surface area contributed by atoms with Gasteiger partial charge in [0.05, 0.1) is 5.56 Å². The molecule has 3 aromatic rings. The summed E-state index contributed by atoms with van der Waals surface area (Å²) < 4.78 is 5.79. The molecule has 27 heavy (non-hydrogen) atoms. The summed E-state index contributed by atoms with van der Waals surface area (Å²) in [5, 5.41) is 17.2. The van der Waals surface area contributed by atoms with Crippen LogP contribution in [0.5, 0.6) is 0 Å². The minimum absolute atomic E-state index is 0.236. The fraction of sp³-hybridized carbons (Fsp3) is 0.318. The number of nitrogens with zero attached hydrogens (tertiary/aromatic N) is 2. The second kappa shape index (κ2) is 9.12. The van der Waals surface area contributed by atoms with Gasteiger partial charge in [0.1, 0.15) is 0 Å². The normalized spacial score (nSPS) is 12.0. The first-order chi connectivity index (χ1) is 13.2. The van der Waals surface area contributed by atoms with Crippen LogP contribution in [0, 0.1) is 0 Å². The molecule has 2 aromatic carbocycles. The number of benzene rings is 2. The molecule has 5 nitrogen and oxygen atoms in total. The van der Waals surface area contributed by atoms with E-state index >= 15 is 0 Å². The Bertz CT molecular complexity index is 857. The Morgan fingerprint density at radius 2 is 1.78 bits per heavy atom. The van der Waals surface area contributed by atoms with E-state index in [-0.39, 0.29) is 5.56 Å². The molecule has 1 N–H and O–H groups in total. The Kier molecular flexibility index (Phi) is 6.36. The highest BCUT2D eigenvalue weighted by Gasteiger charge is 2.15. The maximum Gasteiger partial charge on any atom is 0.335 e. The van der Waals surface area contributed by atoms with Crippen LogP contribution in [-0.2, 0) is 6.42 Å². The lowest BCUT2D eigenvalue weighted by molar-refractivity contribution is 0.0697. The highest BCUT2D eigenvalue weighted by molar-refractivity contribution is 5.88. The molecule has 0 radical (unpaired) electrons. The maximum atomic E-state index is 10.9. The van der Waals surface area contributed by atoms with Crippen molar-refractivity contribution < 1.29 is 14.3 Å². The van der Waals surface area contributed by atoms with Crippen molar-refractivity contribution in [2.45, 2.75) is 44.9 Å². The number of unbranched alkanes of at least 4 members (excludes halogenated alkanes) is 1. The van der Waals surface area contributed by atoms with Gasteiger partial charge < -0.3 is 9.52 Å². The van der Waals surface area contributed by atoms with Gasteiger partial charge in [-0.15, -0.1) is 10.2 Å². The molecule has 0 bridgehead atoms. The van der Waals surface area contributed by atoms with Crippen molar-refractivity contribution >= 4 is 5.97 Å². The van der Waals surface area contributed by atoms with E-state index in [4.69, 9.17) is 9.52 Å². The van der Waals surface area contributed by atoms with Crippen LogP contribution in [0.4, 0.5) is 0 Å². The number of carboxylic acids is 1. The molecule has 0 saturated heterocycles. The van der Waals surface area contributed by atoms with Gasteiger partial charge in [-0.2, -0.15) is 0 Å². The summed E-state index contributed by atoms with van der Waals surface area (Å²) in [6.07, 6.45) is 5.22. The predicted molar refractivity (Wildman–Crippen MR) is 104 cm³/mol. The fourth-order valence-corrected chi connectivity index (χ4v) is 3.18. The Balaban J connectivity index is 1.66. The zero-order valence-corrected chi connectivity index (χ0v) is 15.5. The molecule has 1 unspecified atom stereocenters. The van der Waals surface area contributed by atoms with Crippen LogP contribution in [0.3, 0.4) is 0 Å². The summed E-state index contributed by atoms with van der Waals surface area (Å²) in [4.78, 5) is 10.9. The van der Waals surface area contributed by atoms with Crippen LogP contribution >= 0.6 is 0 Å². The first-order valence-corrected chi connectivity index (χ1v) is 9.38. The quantitative estimate of drug-likeness (QED) is 0.554. The van der Waals surface area contributed by atoms with Gasteiger partial charge in [-0.05, 0) is 48.6 Å². The van der Waals surface area contributed by atoms with E-state index in [1.807, 2.05) is 6.07 Å². The molecule has 1 heterocycles. The summed E-state index contributed by atoms with van der Waals surface area (Å²) >= 11 is 0. The second-order valence-corrected chi connectivity index (χ2v) is 6.67. The van der Waals surface area contributed by atoms with Gasteiger partial charge in [-0.3, -0.25) is 0 Å². The first-order valence-electron chi connectivity index (χ1n) is 9.38. The molecule has 0 aliphatic heterocycles. The Labute approximate surface area is 159 Å². The second-order valence-electron chi connectivity index (χ2n) is 6.67. The van der Waals surface area contributed by atoms with Crippen molar-refractivity contribution in [1.82, 2.24) is 10.2 Å². The van der Waals surface area contributed by atoms with Crippen LogP contribution in [0.2, 0.25) is 0 Å². The van der Waals surface area contributed by atoms with Crippen molar-refractivity contribution in [2.75, 3.05) is 0 Å². The van der Waals surface area contributed by atoms with Gasteiger partial charge in [0.15, 0.2) is 0 Å². The lowest BCUT2D eigenvalue weighted by atomic mass is 9.89. The fourth-order valence-electron chi connectivity index (χ4n) is 3.18. The van der Waals surface area contributed by atoms with Crippen LogP contribution in [0.15, 0.2) is 59.0 Å². The molecule has 0 saturated carbocycles. The third-order valence-electron chi connectivity index (χ3n) is 4.73. The number of rotatable bonds is 9. The molecular formula is C22H24N2O3. The van der Waals surface area contributed by atoms with E-state index in [0.717, 1.165) is 24.8 Å². The lowest BCUT2D eigenvalue weighted by Crippen LogP contribution is -2.01. The van der Waals surface area contributed by atoms with Gasteiger partial charge in [-0.25, -0.2) is 4.79 Å². The van der Waals surface area contributed by atoms with Crippen molar-refractivity contribution in [3.8, 4) is 11.5 Å². The molecule has 0 spiro atoms. The largest absolute Gasteiger partial charge is 0.478 e. The van der Waals surface area contributed by atoms with Gasteiger partial charge in [0, 0.05) is 12.0 Å². The highest BCUT2D eigenvalue weighted by Crippen LogP contribution is 2.27. The molecule has 0 fully saturated rings. The van der Waals surface area contributed by atoms with Gasteiger partial charge in [-0.1, -0.05) is 50.1 Å². The van der Waals surface area contributed by atoms with Crippen LogP contribution in [-0.4, -0.2) is 21.3 Å². The number of aryl methyl sites for hydroxylation is 1. The Morgan fingerprint density at radius 1 is 1.04 bits per heavy atom. The highest BCUT2D eigenvalue weighted by atomic mass is 16.4. The van der Waals surface area contributed by atoms with Crippen molar-refractivity contribution in [3.63, 3.8) is 0 Å². The van der Waals surface area contributed by atoms with Crippen molar-refractivity contribution in [2.24, 2.45) is 0 Å². The number of carboxylic acid groups (broad SMARTS) is 1. The van der Waals surface area contributed by atoms with Crippen LogP contribution < -0.4 is 0 Å². The van der Waals surface area contributed by atoms with E-state index in [1.54, 1.807) is 12.1 Å². The summed E-state index contributed by atoms with van der Waals surface area (Å²) in [5.74, 6) is 0.569. The van der Waals surface area contributed by atoms with Crippen molar-refractivity contribution in [1.29, 1.82) is 0 Å². The third-order valence-corrected chi connectivity index (χ3v) is 4.73. The average Bonchev–Trinajstić information content (AvgIpc) is 3.18. The summed E-state index contributed by atoms with van der Waals surface area (Å²) in [7, 11) is 0. The molecule has 0 aliphatic rings. The van der Waals surface area contributed by atoms with E-state index in [9.17, 15) is 4.79 Å². The Hall–Kier alpha value is -2.95. The number of hydrogen-bond acceptors (Lipinski definition) is 4. The Morgan fingerprint density at radius 3 is 2.44 bits per heavy atom. The number of aromatic nitrogens is 2. The zero-order valence-electron chi connectivity index (χ0n) is 15.5. The van der Waals surface area contributed by atoms with Crippen LogP contribution in [0.1, 0.15) is 60.3 Å². The van der Waals surface area contributed by atoms with Crippen LogP contribution in [0.25, 0.3) is 11.5 Å². The van der Waals surface area contributed by atoms with Gasteiger partial charge in [0.25, 0.3) is 0 Å². The monoisotopic (exact) mass is 364 g/mol. The van der Waals surface area contributed by atoms with Crippen molar-refractivity contribution in [3.05, 3.63) is 71.6 Å². The topological polar surface area (TPSA) is 76.2 Å². The maximum absolute atomic E-state index is 10.9. The number of hydrogen-bond donors (Lipinski definition) is 1. The van der Waals surface area contributed by atoms with E-state index in [2.05, 4.69) is 41.4 Å². The standard InChI is InChI=1S/C22H24N2O3/c1-2-3-7-17(16-8-5-4-6-9-16)14-15-20-23-24-21(27-20)18-10-12-19(13-11-18)22(25)26/h4-6,8-13,17H,2-3,7,14-15H2,1H3,(H,25,26).